The molecule has 7 nitrogen and oxygen atoms in total. The van der Waals surface area contributed by atoms with E-state index < -0.39 is 5.82 Å². The van der Waals surface area contributed by atoms with Gasteiger partial charge in [0.1, 0.15) is 5.82 Å². The third-order valence-corrected chi connectivity index (χ3v) is 2.46. The number of oxime groups is 1. The number of nitrogens with zero attached hydrogens (tertiary/aromatic N) is 3. The first-order chi connectivity index (χ1) is 9.20. The van der Waals surface area contributed by atoms with Gasteiger partial charge in [-0.05, 0) is 6.07 Å². The fraction of sp³-hybridized carbons (Fsp3) is 0.182. The molecular weight excluding hydrogens is 253 g/mol. The van der Waals surface area contributed by atoms with Crippen molar-refractivity contribution in [3.8, 4) is 0 Å². The highest BCUT2D eigenvalue weighted by Gasteiger charge is 2.06. The molecule has 100 valence electrons. The zero-order valence-corrected chi connectivity index (χ0v) is 9.88. The van der Waals surface area contributed by atoms with Crippen LogP contribution in [-0.2, 0) is 13.1 Å². The number of hydrogen-bond donors (Lipinski definition) is 3. The summed E-state index contributed by atoms with van der Waals surface area (Å²) in [6, 6.07) is 4.34. The van der Waals surface area contributed by atoms with Crippen molar-refractivity contribution in [1.29, 1.82) is 0 Å². The lowest BCUT2D eigenvalue weighted by molar-refractivity contribution is 0.318. The minimum Gasteiger partial charge on any atom is -0.409 e. The zero-order chi connectivity index (χ0) is 13.7. The van der Waals surface area contributed by atoms with Crippen molar-refractivity contribution in [3.63, 3.8) is 0 Å². The molecule has 1 heterocycles. The Kier molecular flexibility index (Phi) is 4.04. The van der Waals surface area contributed by atoms with Crippen LogP contribution in [0.4, 0.5) is 4.39 Å². The number of aromatic nitrogens is 2. The van der Waals surface area contributed by atoms with Gasteiger partial charge in [0.25, 0.3) is 0 Å². The number of nitrogens with one attached hydrogen (secondary N) is 1. The van der Waals surface area contributed by atoms with Crippen LogP contribution in [0, 0.1) is 5.82 Å². The molecule has 0 unspecified atom stereocenters. The number of halogens is 1. The van der Waals surface area contributed by atoms with Crippen LogP contribution >= 0.6 is 0 Å². The van der Waals surface area contributed by atoms with Crippen molar-refractivity contribution in [1.82, 2.24) is 15.5 Å². The molecule has 0 aliphatic rings. The second kappa shape index (κ2) is 5.91. The van der Waals surface area contributed by atoms with Gasteiger partial charge in [-0.25, -0.2) is 4.39 Å². The Morgan fingerprint density at radius 3 is 2.95 bits per heavy atom. The molecular formula is C11H12FN5O2. The summed E-state index contributed by atoms with van der Waals surface area (Å²) in [7, 11) is 0. The van der Waals surface area contributed by atoms with E-state index in [0.717, 1.165) is 0 Å². The zero-order valence-electron chi connectivity index (χ0n) is 9.88. The van der Waals surface area contributed by atoms with Gasteiger partial charge < -0.3 is 20.8 Å². The summed E-state index contributed by atoms with van der Waals surface area (Å²) in [4.78, 5) is 3.82. The number of hydrogen-bond acceptors (Lipinski definition) is 6. The van der Waals surface area contributed by atoms with Crippen LogP contribution in [0.15, 0.2) is 34.3 Å². The van der Waals surface area contributed by atoms with Crippen molar-refractivity contribution >= 4 is 5.84 Å². The molecule has 0 amide bonds. The van der Waals surface area contributed by atoms with Crippen molar-refractivity contribution < 1.29 is 14.1 Å². The maximum absolute atomic E-state index is 13.7. The smallest absolute Gasteiger partial charge is 0.213 e. The summed E-state index contributed by atoms with van der Waals surface area (Å²) in [6.45, 7) is 0.675. The number of amidine groups is 1. The van der Waals surface area contributed by atoms with Crippen molar-refractivity contribution in [3.05, 3.63) is 47.4 Å². The highest BCUT2D eigenvalue weighted by atomic mass is 19.1. The molecule has 0 aliphatic carbocycles. The molecule has 2 aromatic rings. The second-order valence-corrected chi connectivity index (χ2v) is 3.74. The monoisotopic (exact) mass is 265 g/mol. The summed E-state index contributed by atoms with van der Waals surface area (Å²) < 4.78 is 18.3. The van der Waals surface area contributed by atoms with Gasteiger partial charge in [-0.1, -0.05) is 22.4 Å². The summed E-state index contributed by atoms with van der Waals surface area (Å²) >= 11 is 0. The van der Waals surface area contributed by atoms with E-state index >= 15 is 0 Å². The van der Waals surface area contributed by atoms with Crippen LogP contribution in [0.25, 0.3) is 0 Å². The Bertz CT molecular complexity index is 570. The van der Waals surface area contributed by atoms with Gasteiger partial charge in [-0.3, -0.25) is 0 Å². The van der Waals surface area contributed by atoms with Gasteiger partial charge in [0.15, 0.2) is 11.7 Å². The van der Waals surface area contributed by atoms with E-state index in [0.29, 0.717) is 30.0 Å². The van der Waals surface area contributed by atoms with Gasteiger partial charge in [0.2, 0.25) is 6.39 Å². The number of benzene rings is 1. The summed E-state index contributed by atoms with van der Waals surface area (Å²) in [5.74, 6) is -0.0800. The molecule has 8 heteroatoms. The van der Waals surface area contributed by atoms with Crippen LogP contribution < -0.4 is 11.1 Å². The molecule has 0 aliphatic heterocycles. The van der Waals surface area contributed by atoms with Gasteiger partial charge in [-0.2, -0.15) is 4.98 Å². The van der Waals surface area contributed by atoms with E-state index in [1.807, 2.05) is 0 Å². The Hall–Kier alpha value is -2.48. The quantitative estimate of drug-likeness (QED) is 0.316. The van der Waals surface area contributed by atoms with Crippen LogP contribution in [0.3, 0.4) is 0 Å². The third-order valence-electron chi connectivity index (χ3n) is 2.46. The van der Waals surface area contributed by atoms with E-state index in [1.165, 1.54) is 12.5 Å². The number of nitrogens with two attached hydrogens (primary N) is 1. The Labute approximate surface area is 107 Å². The van der Waals surface area contributed by atoms with E-state index in [4.69, 9.17) is 10.9 Å². The maximum Gasteiger partial charge on any atom is 0.213 e. The van der Waals surface area contributed by atoms with Crippen LogP contribution in [-0.4, -0.2) is 21.2 Å². The molecule has 2 rings (SSSR count). The Morgan fingerprint density at radius 1 is 1.47 bits per heavy atom. The van der Waals surface area contributed by atoms with E-state index in [-0.39, 0.29) is 5.84 Å². The molecule has 0 bridgehead atoms. The van der Waals surface area contributed by atoms with E-state index in [9.17, 15) is 4.39 Å². The normalized spacial score (nSPS) is 11.7. The van der Waals surface area contributed by atoms with Crippen LogP contribution in [0.5, 0.6) is 0 Å². The van der Waals surface area contributed by atoms with Crippen LogP contribution in [0.2, 0.25) is 0 Å². The predicted molar refractivity (Wildman–Crippen MR) is 63.8 cm³/mol. The minimum atomic E-state index is -0.440. The summed E-state index contributed by atoms with van der Waals surface area (Å²) in [5, 5.41) is 17.9. The Morgan fingerprint density at radius 2 is 2.32 bits per heavy atom. The Balaban J connectivity index is 1.97. The number of rotatable bonds is 5. The lowest BCUT2D eigenvalue weighted by atomic mass is 10.1. The fourth-order valence-corrected chi connectivity index (χ4v) is 1.49. The van der Waals surface area contributed by atoms with E-state index in [1.54, 1.807) is 12.1 Å². The molecule has 4 N–H and O–H groups in total. The summed E-state index contributed by atoms with van der Waals surface area (Å²) in [5.41, 5.74) is 6.15. The third kappa shape index (κ3) is 3.26. The first-order valence-electron chi connectivity index (χ1n) is 5.43. The fourth-order valence-electron chi connectivity index (χ4n) is 1.49. The average Bonchev–Trinajstić information content (AvgIpc) is 2.93. The maximum atomic E-state index is 13.7. The lowest BCUT2D eigenvalue weighted by Gasteiger charge is -2.06. The minimum absolute atomic E-state index is 0.134. The molecule has 0 atom stereocenters. The molecule has 1 aromatic carbocycles. The summed E-state index contributed by atoms with van der Waals surface area (Å²) in [6.07, 6.45) is 1.23. The van der Waals surface area contributed by atoms with Crippen molar-refractivity contribution in [2.45, 2.75) is 13.1 Å². The molecule has 19 heavy (non-hydrogen) atoms. The molecule has 0 saturated heterocycles. The standard InChI is InChI=1S/C11H12FN5O2/c12-9-3-7(11(13)16-18)1-2-8(9)4-14-5-10-15-6-19-17-10/h1-3,6,14,18H,4-5H2,(H2,13,16). The lowest BCUT2D eigenvalue weighted by Crippen LogP contribution is -2.16. The second-order valence-electron chi connectivity index (χ2n) is 3.74. The highest BCUT2D eigenvalue weighted by Crippen LogP contribution is 2.10. The molecule has 0 saturated carbocycles. The molecule has 0 radical (unpaired) electrons. The van der Waals surface area contributed by atoms with Gasteiger partial charge in [0, 0.05) is 17.7 Å². The molecule has 1 aromatic heterocycles. The van der Waals surface area contributed by atoms with Crippen LogP contribution in [0.1, 0.15) is 17.0 Å². The first kappa shape index (κ1) is 13.0. The van der Waals surface area contributed by atoms with Gasteiger partial charge >= 0.3 is 0 Å². The van der Waals surface area contributed by atoms with E-state index in [2.05, 4.69) is 25.1 Å². The first-order valence-corrected chi connectivity index (χ1v) is 5.43. The largest absolute Gasteiger partial charge is 0.409 e. The van der Waals surface area contributed by atoms with Crippen molar-refractivity contribution in [2.75, 3.05) is 0 Å². The molecule has 0 fully saturated rings. The topological polar surface area (TPSA) is 110 Å². The highest BCUT2D eigenvalue weighted by molar-refractivity contribution is 5.97. The SMILES string of the molecule is N/C(=N/O)c1ccc(CNCc2ncon2)c(F)c1. The predicted octanol–water partition coefficient (Wildman–Crippen LogP) is 0.593. The average molecular weight is 265 g/mol. The van der Waals surface area contributed by atoms with Crippen molar-refractivity contribution in [2.24, 2.45) is 10.9 Å². The van der Waals surface area contributed by atoms with Gasteiger partial charge in [-0.15, -0.1) is 0 Å². The van der Waals surface area contributed by atoms with Gasteiger partial charge in [0.05, 0.1) is 6.54 Å². The molecule has 0 spiro atoms.